The van der Waals surface area contributed by atoms with E-state index in [0.717, 1.165) is 0 Å². The molecule has 1 heterocycles. The van der Waals surface area contributed by atoms with Crippen LogP contribution in [0.2, 0.25) is 0 Å². The normalized spacial score (nSPS) is 26.7. The first-order chi connectivity index (χ1) is 18.4. The number of hydrogen-bond donors (Lipinski definition) is 1. The number of rotatable bonds is 6. The fourth-order valence-corrected chi connectivity index (χ4v) is 4.43. The minimum Gasteiger partial charge on any atom is -0.462 e. The summed E-state index contributed by atoms with van der Waals surface area (Å²) in [5.74, 6) is -2.41. The molecular formula is C27H40O9S. The molecule has 9 nitrogen and oxygen atoms in total. The summed E-state index contributed by atoms with van der Waals surface area (Å²) in [5, 5.41) is 9.09. The molecule has 0 radical (unpaired) electrons. The maximum absolute atomic E-state index is 13.5. The summed E-state index contributed by atoms with van der Waals surface area (Å²) in [4.78, 5) is 38.9. The Morgan fingerprint density at radius 3 is 2.03 bits per heavy atom. The van der Waals surface area contributed by atoms with Gasteiger partial charge in [-0.05, 0) is 74.4 Å². The fraction of sp³-hybridized carbons (Fsp3) is 0.667. The largest absolute Gasteiger partial charge is 0.462 e. The molecule has 0 amide bonds. The molecule has 2 unspecified atom stereocenters. The van der Waals surface area contributed by atoms with Crippen LogP contribution in [-0.2, 0) is 44.1 Å². The molecule has 10 heteroatoms. The van der Waals surface area contributed by atoms with Crippen molar-refractivity contribution >= 4 is 28.7 Å². The molecule has 0 aliphatic carbocycles. The molecular weight excluding hydrogens is 500 g/mol. The SMILES string of the molecule is [2H]CC(C)(C)C(=O)OC[C@H]1OC(O)(S(=O)c2ccccc2)C[C@@H](OC(=O)C(C)(C)C[2H])[C@@H]1OC(=O)C(C)(C)C[2H]. The smallest absolute Gasteiger partial charge is 0.311 e. The van der Waals surface area contributed by atoms with Gasteiger partial charge in [0.05, 0.1) is 22.7 Å². The van der Waals surface area contributed by atoms with Crippen molar-refractivity contribution < 1.29 is 46.8 Å². The predicted octanol–water partition coefficient (Wildman–Crippen LogP) is 3.73. The number of ether oxygens (including phenoxy) is 4. The highest BCUT2D eigenvalue weighted by Gasteiger charge is 2.55. The Hall–Kier alpha value is -2.30. The molecule has 5 atom stereocenters. The monoisotopic (exact) mass is 543 g/mol. The lowest BCUT2D eigenvalue weighted by Gasteiger charge is -2.44. The van der Waals surface area contributed by atoms with Gasteiger partial charge in [0.15, 0.2) is 6.10 Å². The zero-order valence-electron chi connectivity index (χ0n) is 25.3. The number of esters is 3. The Morgan fingerprint density at radius 1 is 0.973 bits per heavy atom. The van der Waals surface area contributed by atoms with Gasteiger partial charge in [0.1, 0.15) is 29.6 Å². The van der Waals surface area contributed by atoms with Gasteiger partial charge in [-0.15, -0.1) is 0 Å². The lowest BCUT2D eigenvalue weighted by Crippen LogP contribution is -2.61. The molecule has 1 fully saturated rings. The van der Waals surface area contributed by atoms with Crippen LogP contribution in [0, 0.1) is 16.2 Å². The summed E-state index contributed by atoms with van der Waals surface area (Å²) in [6, 6.07) is 7.94. The van der Waals surface area contributed by atoms with Crippen LogP contribution < -0.4 is 0 Å². The lowest BCUT2D eigenvalue weighted by molar-refractivity contribution is -0.274. The van der Waals surface area contributed by atoms with E-state index < -0.39 is 81.4 Å². The average molecular weight is 544 g/mol. The minimum absolute atomic E-state index is 0.207. The number of carbonyl (C=O) groups excluding carboxylic acids is 3. The highest BCUT2D eigenvalue weighted by molar-refractivity contribution is 7.86. The Morgan fingerprint density at radius 2 is 1.49 bits per heavy atom. The number of benzene rings is 1. The van der Waals surface area contributed by atoms with Crippen LogP contribution in [0.1, 0.15) is 72.8 Å². The Labute approximate surface area is 225 Å². The molecule has 0 spiro atoms. The van der Waals surface area contributed by atoms with Gasteiger partial charge >= 0.3 is 17.9 Å². The van der Waals surface area contributed by atoms with Gasteiger partial charge in [-0.25, -0.2) is 4.21 Å². The third-order valence-electron chi connectivity index (χ3n) is 5.31. The molecule has 0 saturated carbocycles. The van der Waals surface area contributed by atoms with Crippen LogP contribution in [0.4, 0.5) is 0 Å². The second kappa shape index (κ2) is 11.2. The van der Waals surface area contributed by atoms with Crippen LogP contribution in [0.15, 0.2) is 35.2 Å². The van der Waals surface area contributed by atoms with Gasteiger partial charge in [-0.2, -0.15) is 0 Å². The topological polar surface area (TPSA) is 125 Å². The van der Waals surface area contributed by atoms with Crippen molar-refractivity contribution in [1.29, 1.82) is 0 Å². The van der Waals surface area contributed by atoms with E-state index in [1.807, 2.05) is 0 Å². The van der Waals surface area contributed by atoms with E-state index in [2.05, 4.69) is 0 Å². The third-order valence-corrected chi connectivity index (χ3v) is 6.86. The Balaban J connectivity index is 2.56. The first kappa shape index (κ1) is 26.3. The molecule has 1 saturated heterocycles. The van der Waals surface area contributed by atoms with Crippen molar-refractivity contribution in [2.75, 3.05) is 6.61 Å². The first-order valence-corrected chi connectivity index (χ1v) is 12.9. The summed E-state index contributed by atoms with van der Waals surface area (Å²) >= 11 is 0. The Kier molecular flexibility index (Phi) is 7.97. The van der Waals surface area contributed by atoms with Gasteiger partial charge in [-0.1, -0.05) is 18.2 Å². The molecule has 1 N–H and O–H groups in total. The molecule has 0 aromatic heterocycles. The van der Waals surface area contributed by atoms with E-state index >= 15 is 0 Å². The predicted molar refractivity (Wildman–Crippen MR) is 136 cm³/mol. The van der Waals surface area contributed by atoms with E-state index in [4.69, 9.17) is 23.1 Å². The van der Waals surface area contributed by atoms with Crippen LogP contribution in [0.25, 0.3) is 0 Å². The molecule has 208 valence electrons. The highest BCUT2D eigenvalue weighted by Crippen LogP contribution is 2.38. The van der Waals surface area contributed by atoms with Crippen molar-refractivity contribution in [2.45, 2.75) is 97.0 Å². The molecule has 37 heavy (non-hydrogen) atoms. The molecule has 1 aromatic carbocycles. The van der Waals surface area contributed by atoms with E-state index in [-0.39, 0.29) is 25.6 Å². The zero-order chi connectivity index (χ0) is 30.5. The maximum atomic E-state index is 13.5. The van der Waals surface area contributed by atoms with E-state index in [1.54, 1.807) is 18.2 Å². The number of aliphatic hydroxyl groups is 1. The van der Waals surface area contributed by atoms with Gasteiger partial charge in [0, 0.05) is 9.01 Å². The summed E-state index contributed by atoms with van der Waals surface area (Å²) in [6.45, 7) is 7.45. The maximum Gasteiger partial charge on any atom is 0.311 e. The van der Waals surface area contributed by atoms with Crippen molar-refractivity contribution in [3.05, 3.63) is 30.3 Å². The van der Waals surface area contributed by atoms with Crippen LogP contribution in [0.5, 0.6) is 0 Å². The molecule has 1 aliphatic rings. The zero-order valence-corrected chi connectivity index (χ0v) is 23.1. The summed E-state index contributed by atoms with van der Waals surface area (Å²) in [6.07, 6.45) is -4.86. The number of carbonyl (C=O) groups is 3. The van der Waals surface area contributed by atoms with Crippen LogP contribution >= 0.6 is 0 Å². The van der Waals surface area contributed by atoms with Gasteiger partial charge in [0.25, 0.3) is 5.12 Å². The van der Waals surface area contributed by atoms with Crippen molar-refractivity contribution in [3.8, 4) is 0 Å². The minimum atomic E-state index is -2.45. The van der Waals surface area contributed by atoms with Crippen molar-refractivity contribution in [1.82, 2.24) is 0 Å². The second-order valence-corrected chi connectivity index (χ2v) is 12.9. The van der Waals surface area contributed by atoms with E-state index in [1.165, 1.54) is 53.7 Å². The molecule has 1 aliphatic heterocycles. The summed E-state index contributed by atoms with van der Waals surface area (Å²) in [5.41, 5.74) is -3.70. The highest BCUT2D eigenvalue weighted by atomic mass is 32.2. The van der Waals surface area contributed by atoms with Crippen LogP contribution in [-0.4, -0.2) is 57.3 Å². The summed E-state index contributed by atoms with van der Waals surface area (Å²) in [7, 11) is -2.23. The van der Waals surface area contributed by atoms with Gasteiger partial charge in [-0.3, -0.25) is 14.4 Å². The van der Waals surface area contributed by atoms with Crippen molar-refractivity contribution in [3.63, 3.8) is 0 Å². The Bertz CT molecular complexity index is 1080. The van der Waals surface area contributed by atoms with Crippen molar-refractivity contribution in [2.24, 2.45) is 16.2 Å². The summed E-state index contributed by atoms with van der Waals surface area (Å²) < 4.78 is 59.2. The second-order valence-electron chi connectivity index (χ2n) is 11.2. The molecule has 2 rings (SSSR count). The van der Waals surface area contributed by atoms with Gasteiger partial charge < -0.3 is 24.1 Å². The van der Waals surface area contributed by atoms with Crippen LogP contribution in [0.3, 0.4) is 0 Å². The first-order valence-electron chi connectivity index (χ1n) is 13.9. The number of hydrogen-bond acceptors (Lipinski definition) is 9. The van der Waals surface area contributed by atoms with E-state index in [0.29, 0.717) is 0 Å². The van der Waals surface area contributed by atoms with Gasteiger partial charge in [0.2, 0.25) is 0 Å². The third kappa shape index (κ3) is 8.09. The molecule has 1 aromatic rings. The fourth-order valence-electron chi connectivity index (χ4n) is 3.13. The lowest BCUT2D eigenvalue weighted by atomic mass is 9.94. The van der Waals surface area contributed by atoms with E-state index in [9.17, 15) is 23.7 Å². The quantitative estimate of drug-likeness (QED) is 0.422. The molecule has 0 bridgehead atoms. The standard InChI is InChI=1S/C27H40O9S/c1-24(2,3)21(28)33-16-19-20(35-23(30)26(7,8)9)18(34-22(29)25(4,5)6)15-27(31,36-19)37(32)17-13-11-10-12-14-17/h10-14,18-20,31H,15-16H2,1-9H3/t18-,19-,20+,27?,37?/m1/s1/i1D,4D,7D. The average Bonchev–Trinajstić information content (AvgIpc) is 2.92.